The van der Waals surface area contributed by atoms with Crippen molar-refractivity contribution in [2.24, 2.45) is 5.73 Å². The lowest BCUT2D eigenvalue weighted by molar-refractivity contribution is 0.0746. The summed E-state index contributed by atoms with van der Waals surface area (Å²) >= 11 is 5.90. The van der Waals surface area contributed by atoms with Gasteiger partial charge in [0.25, 0.3) is 11.8 Å². The van der Waals surface area contributed by atoms with Crippen LogP contribution in [0.4, 0.5) is 5.69 Å². The monoisotopic (exact) mass is 394 g/mol. The number of anilines is 1. The molecular formula is C21H19ClN4O2. The summed E-state index contributed by atoms with van der Waals surface area (Å²) in [5, 5.41) is 1.50. The zero-order valence-electron chi connectivity index (χ0n) is 15.1. The summed E-state index contributed by atoms with van der Waals surface area (Å²) in [5.74, 6) is -0.486. The largest absolute Gasteiger partial charge is 0.367 e. The van der Waals surface area contributed by atoms with Crippen LogP contribution in [0.15, 0.2) is 54.7 Å². The van der Waals surface area contributed by atoms with E-state index in [0.29, 0.717) is 47.8 Å². The number of carbonyl (C=O) groups is 2. The van der Waals surface area contributed by atoms with Crippen molar-refractivity contribution in [2.45, 2.75) is 0 Å². The van der Waals surface area contributed by atoms with Gasteiger partial charge in [0.05, 0.1) is 11.1 Å². The fourth-order valence-electron chi connectivity index (χ4n) is 3.56. The van der Waals surface area contributed by atoms with Gasteiger partial charge in [0.1, 0.15) is 0 Å². The Balaban J connectivity index is 1.54. The highest BCUT2D eigenvalue weighted by Crippen LogP contribution is 2.29. The summed E-state index contributed by atoms with van der Waals surface area (Å²) in [6, 6.07) is 14.4. The average molecular weight is 395 g/mol. The van der Waals surface area contributed by atoms with Crippen LogP contribution in [0.5, 0.6) is 0 Å². The number of amides is 2. The van der Waals surface area contributed by atoms with Crippen molar-refractivity contribution in [1.29, 1.82) is 0 Å². The Hall–Kier alpha value is -3.12. The summed E-state index contributed by atoms with van der Waals surface area (Å²) in [6.45, 7) is 2.61. The Kier molecular flexibility index (Phi) is 4.88. The SMILES string of the molecule is NC(=O)c1ccc(N2CCN(C(=O)c3ccc(Cl)cc3)CC2)c2cccnc12. The molecule has 3 aromatic rings. The van der Waals surface area contributed by atoms with Gasteiger partial charge in [0.15, 0.2) is 0 Å². The van der Waals surface area contributed by atoms with Gasteiger partial charge in [-0.1, -0.05) is 11.6 Å². The van der Waals surface area contributed by atoms with E-state index in [1.54, 1.807) is 36.5 Å². The first-order valence-electron chi connectivity index (χ1n) is 9.02. The number of fused-ring (bicyclic) bond motifs is 1. The Bertz CT molecular complexity index is 1040. The molecule has 0 spiro atoms. The quantitative estimate of drug-likeness (QED) is 0.740. The molecule has 28 heavy (non-hydrogen) atoms. The number of rotatable bonds is 3. The molecule has 7 heteroatoms. The Morgan fingerprint density at radius 1 is 0.964 bits per heavy atom. The van der Waals surface area contributed by atoms with E-state index in [1.165, 1.54) is 0 Å². The third kappa shape index (κ3) is 3.39. The van der Waals surface area contributed by atoms with E-state index in [4.69, 9.17) is 17.3 Å². The van der Waals surface area contributed by atoms with Gasteiger partial charge < -0.3 is 15.5 Å². The van der Waals surface area contributed by atoms with E-state index >= 15 is 0 Å². The molecule has 4 rings (SSSR count). The van der Waals surface area contributed by atoms with Crippen LogP contribution < -0.4 is 10.6 Å². The average Bonchev–Trinajstić information content (AvgIpc) is 2.73. The van der Waals surface area contributed by atoms with Gasteiger partial charge in [-0.15, -0.1) is 0 Å². The van der Waals surface area contributed by atoms with E-state index in [0.717, 1.165) is 11.1 Å². The van der Waals surface area contributed by atoms with Crippen LogP contribution in [0.1, 0.15) is 20.7 Å². The van der Waals surface area contributed by atoms with Gasteiger partial charge in [0, 0.05) is 54.0 Å². The van der Waals surface area contributed by atoms with Crippen LogP contribution in [0.25, 0.3) is 10.9 Å². The zero-order chi connectivity index (χ0) is 19.7. The number of nitrogens with zero attached hydrogens (tertiary/aromatic N) is 3. The van der Waals surface area contributed by atoms with Crippen LogP contribution in [0, 0.1) is 0 Å². The van der Waals surface area contributed by atoms with Gasteiger partial charge >= 0.3 is 0 Å². The lowest BCUT2D eigenvalue weighted by Crippen LogP contribution is -2.48. The van der Waals surface area contributed by atoms with E-state index in [9.17, 15) is 9.59 Å². The second-order valence-electron chi connectivity index (χ2n) is 6.68. The van der Waals surface area contributed by atoms with Crippen molar-refractivity contribution >= 4 is 40.0 Å². The molecule has 142 valence electrons. The fraction of sp³-hybridized carbons (Fsp3) is 0.190. The zero-order valence-corrected chi connectivity index (χ0v) is 15.9. The maximum Gasteiger partial charge on any atom is 0.253 e. The summed E-state index contributed by atoms with van der Waals surface area (Å²) < 4.78 is 0. The van der Waals surface area contributed by atoms with Crippen LogP contribution in [0.2, 0.25) is 5.02 Å². The molecule has 2 N–H and O–H groups in total. The van der Waals surface area contributed by atoms with Crippen LogP contribution in [-0.4, -0.2) is 47.9 Å². The summed E-state index contributed by atoms with van der Waals surface area (Å²) in [4.78, 5) is 32.8. The first kappa shape index (κ1) is 18.3. The minimum atomic E-state index is -0.492. The van der Waals surface area contributed by atoms with Gasteiger partial charge in [-0.05, 0) is 48.5 Å². The second-order valence-corrected chi connectivity index (χ2v) is 7.12. The number of nitrogens with two attached hydrogens (primary N) is 1. The first-order chi connectivity index (χ1) is 13.5. The van der Waals surface area contributed by atoms with E-state index in [-0.39, 0.29) is 5.91 Å². The number of hydrogen-bond donors (Lipinski definition) is 1. The van der Waals surface area contributed by atoms with Gasteiger partial charge in [-0.25, -0.2) is 0 Å². The standard InChI is InChI=1S/C21H19ClN4O2/c22-15-5-3-14(4-6-15)21(28)26-12-10-25(11-13-26)18-8-7-17(20(23)27)19-16(18)2-1-9-24-19/h1-9H,10-13H2,(H2,23,27). The van der Waals surface area contributed by atoms with Crippen molar-refractivity contribution in [3.63, 3.8) is 0 Å². The number of benzene rings is 2. The van der Waals surface area contributed by atoms with Gasteiger partial charge in [0.2, 0.25) is 0 Å². The number of hydrogen-bond acceptors (Lipinski definition) is 4. The normalized spacial score (nSPS) is 14.3. The molecule has 0 bridgehead atoms. The Morgan fingerprint density at radius 2 is 1.68 bits per heavy atom. The predicted molar refractivity (Wildman–Crippen MR) is 110 cm³/mol. The number of pyridine rings is 1. The number of halogens is 1. The van der Waals surface area contributed by atoms with Gasteiger partial charge in [-0.2, -0.15) is 0 Å². The molecule has 0 saturated carbocycles. The molecule has 6 nitrogen and oxygen atoms in total. The van der Waals surface area contributed by atoms with E-state index < -0.39 is 5.91 Å². The molecule has 0 radical (unpaired) electrons. The minimum Gasteiger partial charge on any atom is -0.367 e. The van der Waals surface area contributed by atoms with Crippen LogP contribution in [-0.2, 0) is 0 Å². The summed E-state index contributed by atoms with van der Waals surface area (Å²) in [6.07, 6.45) is 1.65. The van der Waals surface area contributed by atoms with E-state index in [1.807, 2.05) is 23.1 Å². The molecule has 2 amide bonds. The highest BCUT2D eigenvalue weighted by atomic mass is 35.5. The summed E-state index contributed by atoms with van der Waals surface area (Å²) in [5.41, 5.74) is 8.13. The Morgan fingerprint density at radius 3 is 2.36 bits per heavy atom. The number of carbonyl (C=O) groups excluding carboxylic acids is 2. The topological polar surface area (TPSA) is 79.5 Å². The molecule has 2 aromatic carbocycles. The molecule has 1 aromatic heterocycles. The van der Waals surface area contributed by atoms with Gasteiger partial charge in [-0.3, -0.25) is 14.6 Å². The van der Waals surface area contributed by atoms with Crippen molar-refractivity contribution in [3.05, 3.63) is 70.9 Å². The molecule has 0 unspecified atom stereocenters. The predicted octanol–water partition coefficient (Wildman–Crippen LogP) is 2.95. The van der Waals surface area contributed by atoms with Crippen molar-refractivity contribution in [2.75, 3.05) is 31.1 Å². The van der Waals surface area contributed by atoms with Crippen LogP contribution >= 0.6 is 11.6 Å². The fourth-order valence-corrected chi connectivity index (χ4v) is 3.68. The lowest BCUT2D eigenvalue weighted by atomic mass is 10.1. The maximum absolute atomic E-state index is 12.7. The molecule has 0 aliphatic carbocycles. The Labute approximate surface area is 167 Å². The molecular weight excluding hydrogens is 376 g/mol. The van der Waals surface area contributed by atoms with Crippen LogP contribution in [0.3, 0.4) is 0 Å². The van der Waals surface area contributed by atoms with Crippen molar-refractivity contribution in [3.8, 4) is 0 Å². The first-order valence-corrected chi connectivity index (χ1v) is 9.40. The maximum atomic E-state index is 12.7. The van der Waals surface area contributed by atoms with Crippen molar-refractivity contribution < 1.29 is 9.59 Å². The summed E-state index contributed by atoms with van der Waals surface area (Å²) in [7, 11) is 0. The second kappa shape index (κ2) is 7.48. The molecule has 2 heterocycles. The van der Waals surface area contributed by atoms with Crippen molar-refractivity contribution in [1.82, 2.24) is 9.88 Å². The molecule has 1 aliphatic heterocycles. The lowest BCUT2D eigenvalue weighted by Gasteiger charge is -2.36. The molecule has 1 saturated heterocycles. The third-order valence-corrected chi connectivity index (χ3v) is 5.26. The number of aromatic nitrogens is 1. The minimum absolute atomic E-state index is 0.00641. The molecule has 1 fully saturated rings. The van der Waals surface area contributed by atoms with E-state index in [2.05, 4.69) is 9.88 Å². The highest BCUT2D eigenvalue weighted by molar-refractivity contribution is 6.30. The molecule has 1 aliphatic rings. The highest BCUT2D eigenvalue weighted by Gasteiger charge is 2.24. The molecule has 0 atom stereocenters. The number of primary amides is 1. The smallest absolute Gasteiger partial charge is 0.253 e. The third-order valence-electron chi connectivity index (χ3n) is 5.01. The number of piperazine rings is 1.